The third-order valence-electron chi connectivity index (χ3n) is 6.08. The third kappa shape index (κ3) is 2.96. The van der Waals surface area contributed by atoms with Crippen LogP contribution < -0.4 is 0 Å². The summed E-state index contributed by atoms with van der Waals surface area (Å²) >= 11 is 0. The van der Waals surface area contributed by atoms with Gasteiger partial charge in [-0.25, -0.2) is 0 Å². The molecular weight excluding hydrogens is 280 g/mol. The highest BCUT2D eigenvalue weighted by Gasteiger charge is 2.47. The van der Waals surface area contributed by atoms with E-state index < -0.39 is 0 Å². The Labute approximate surface area is 130 Å². The first-order valence-corrected chi connectivity index (χ1v) is 8.49. The summed E-state index contributed by atoms with van der Waals surface area (Å²) in [5, 5.41) is 17.1. The van der Waals surface area contributed by atoms with Crippen LogP contribution in [0.4, 0.5) is 0 Å². The molecule has 3 saturated carbocycles. The van der Waals surface area contributed by atoms with Crippen LogP contribution >= 0.6 is 0 Å². The van der Waals surface area contributed by atoms with E-state index in [-0.39, 0.29) is 6.04 Å². The van der Waals surface area contributed by atoms with Crippen LogP contribution in [0.1, 0.15) is 57.8 Å². The summed E-state index contributed by atoms with van der Waals surface area (Å²) in [6.07, 6.45) is 11.6. The van der Waals surface area contributed by atoms with Crippen molar-refractivity contribution in [3.8, 4) is 0 Å². The smallest absolute Gasteiger partial charge is 0.150 e. The zero-order valence-electron chi connectivity index (χ0n) is 12.9. The summed E-state index contributed by atoms with van der Waals surface area (Å²) in [5.74, 6) is 3.10. The Bertz CT molecular complexity index is 473. The van der Waals surface area contributed by atoms with E-state index in [4.69, 9.17) is 11.1 Å². The molecule has 3 aliphatic carbocycles. The van der Waals surface area contributed by atoms with E-state index in [1.165, 1.54) is 56.2 Å². The maximum atomic E-state index is 7.00. The number of fused-ring (bicyclic) bond motifs is 3. The summed E-state index contributed by atoms with van der Waals surface area (Å²) in [6, 6.07) is 0.154. The molecule has 0 aromatic carbocycles. The first-order valence-electron chi connectivity index (χ1n) is 8.49. The fourth-order valence-electron chi connectivity index (χ4n) is 5.32. The molecule has 8 heteroatoms. The first-order chi connectivity index (χ1) is 10.8. The quantitative estimate of drug-likeness (QED) is 0.409. The Balaban J connectivity index is 1.81. The lowest BCUT2D eigenvalue weighted by Gasteiger charge is -2.49. The summed E-state index contributed by atoms with van der Waals surface area (Å²) < 4.78 is 0. The van der Waals surface area contributed by atoms with Gasteiger partial charge in [0.25, 0.3) is 0 Å². The highest BCUT2D eigenvalue weighted by atomic mass is 15.7. The van der Waals surface area contributed by atoms with Crippen molar-refractivity contribution >= 4 is 0 Å². The summed E-state index contributed by atoms with van der Waals surface area (Å²) in [7, 11) is 0. The zero-order valence-corrected chi connectivity index (χ0v) is 12.9. The molecular formula is C14H25N8+. The standard InChI is InChI=1S/C14H25N8/c15-17-19-21-22(20-18-16)14-7-3-6-12-11-5-2-1-4-10(11)8-9-13(12)14/h10-16H,1-9H2/q+1. The van der Waals surface area contributed by atoms with Crippen molar-refractivity contribution in [3.63, 3.8) is 0 Å². The molecule has 0 aromatic heterocycles. The van der Waals surface area contributed by atoms with Crippen LogP contribution in [0.2, 0.25) is 0 Å². The van der Waals surface area contributed by atoms with E-state index in [2.05, 4.69) is 26.1 Å². The molecule has 0 heterocycles. The van der Waals surface area contributed by atoms with Crippen LogP contribution in [-0.2, 0) is 0 Å². The van der Waals surface area contributed by atoms with Gasteiger partial charge in [-0.3, -0.25) is 0 Å². The van der Waals surface area contributed by atoms with E-state index in [9.17, 15) is 0 Å². The third-order valence-corrected chi connectivity index (χ3v) is 6.08. The maximum Gasteiger partial charge on any atom is 0.150 e. The Morgan fingerprint density at radius 1 is 0.727 bits per heavy atom. The van der Waals surface area contributed by atoms with Crippen molar-refractivity contribution in [1.82, 2.24) is 0 Å². The average molecular weight is 305 g/mol. The molecule has 0 radical (unpaired) electrons. The number of hydrogen-bond donors (Lipinski definition) is 2. The minimum absolute atomic E-state index is 0.154. The van der Waals surface area contributed by atoms with Crippen LogP contribution in [0.5, 0.6) is 0 Å². The second-order valence-electron chi connectivity index (χ2n) is 6.90. The van der Waals surface area contributed by atoms with Crippen molar-refractivity contribution in [3.05, 3.63) is 0 Å². The molecule has 0 bridgehead atoms. The fourth-order valence-corrected chi connectivity index (χ4v) is 5.32. The van der Waals surface area contributed by atoms with Gasteiger partial charge in [0.2, 0.25) is 0 Å². The second-order valence-corrected chi connectivity index (χ2v) is 6.90. The Morgan fingerprint density at radius 3 is 2.36 bits per heavy atom. The van der Waals surface area contributed by atoms with Gasteiger partial charge in [-0.2, -0.15) is 5.53 Å². The number of hydrogen-bond acceptors (Lipinski definition) is 2. The second kappa shape index (κ2) is 7.11. The van der Waals surface area contributed by atoms with Gasteiger partial charge in [0, 0.05) is 5.92 Å². The van der Waals surface area contributed by atoms with Gasteiger partial charge in [0.15, 0.2) is 5.22 Å². The molecule has 22 heavy (non-hydrogen) atoms. The lowest BCUT2D eigenvalue weighted by atomic mass is 9.57. The topological polar surface area (TPSA) is 113 Å². The normalized spacial score (nSPS) is 39.1. The predicted octanol–water partition coefficient (Wildman–Crippen LogP) is 5.10. The van der Waals surface area contributed by atoms with E-state index in [0.29, 0.717) is 5.92 Å². The van der Waals surface area contributed by atoms with Crippen molar-refractivity contribution < 1.29 is 4.81 Å². The van der Waals surface area contributed by atoms with Gasteiger partial charge in [0.1, 0.15) is 21.7 Å². The summed E-state index contributed by atoms with van der Waals surface area (Å²) in [5.41, 5.74) is 13.8. The molecule has 0 aromatic rings. The van der Waals surface area contributed by atoms with Crippen molar-refractivity contribution in [2.75, 3.05) is 0 Å². The lowest BCUT2D eigenvalue weighted by Crippen LogP contribution is -2.46. The first kappa shape index (κ1) is 15.3. The van der Waals surface area contributed by atoms with Gasteiger partial charge >= 0.3 is 0 Å². The van der Waals surface area contributed by atoms with Gasteiger partial charge < -0.3 is 0 Å². The Hall–Kier alpha value is -1.60. The Morgan fingerprint density at radius 2 is 1.55 bits per heavy atom. The van der Waals surface area contributed by atoms with E-state index >= 15 is 0 Å². The van der Waals surface area contributed by atoms with Crippen LogP contribution in [0, 0.1) is 34.7 Å². The molecule has 0 spiro atoms. The van der Waals surface area contributed by atoms with Crippen molar-refractivity contribution in [1.29, 1.82) is 11.1 Å². The molecule has 3 rings (SSSR count). The molecule has 120 valence electrons. The van der Waals surface area contributed by atoms with Crippen LogP contribution in [-0.4, -0.2) is 10.8 Å². The predicted molar refractivity (Wildman–Crippen MR) is 77.1 cm³/mol. The van der Waals surface area contributed by atoms with Gasteiger partial charge in [-0.1, -0.05) is 19.3 Å². The number of nitrogens with zero attached hydrogens (tertiary/aromatic N) is 6. The highest BCUT2D eigenvalue weighted by molar-refractivity contribution is 4.94. The molecule has 3 aliphatic rings. The number of nitrogens with one attached hydrogen (secondary N) is 2. The van der Waals surface area contributed by atoms with Crippen LogP contribution in [0.25, 0.3) is 0 Å². The van der Waals surface area contributed by atoms with Gasteiger partial charge in [-0.15, -0.1) is 5.53 Å². The molecule has 0 amide bonds. The monoisotopic (exact) mass is 305 g/mol. The minimum Gasteiger partial charge on any atom is -0.168 e. The molecule has 5 unspecified atom stereocenters. The number of rotatable bonds is 4. The molecule has 5 atom stereocenters. The fraction of sp³-hybridized carbons (Fsp3) is 1.00. The van der Waals surface area contributed by atoms with Crippen molar-refractivity contribution in [2.45, 2.75) is 63.8 Å². The molecule has 3 fully saturated rings. The maximum absolute atomic E-state index is 7.00. The molecule has 8 nitrogen and oxygen atoms in total. The Kier molecular flexibility index (Phi) is 4.94. The van der Waals surface area contributed by atoms with Gasteiger partial charge in [-0.05, 0) is 61.1 Å². The minimum atomic E-state index is 0.154. The van der Waals surface area contributed by atoms with Gasteiger partial charge in [0.05, 0.1) is 5.22 Å². The van der Waals surface area contributed by atoms with Crippen molar-refractivity contribution in [2.24, 2.45) is 49.8 Å². The molecule has 0 aliphatic heterocycles. The van der Waals surface area contributed by atoms with E-state index in [0.717, 1.165) is 24.2 Å². The highest BCUT2D eigenvalue weighted by Crippen LogP contribution is 2.52. The lowest BCUT2D eigenvalue weighted by molar-refractivity contribution is -0.655. The largest absolute Gasteiger partial charge is 0.168 e. The van der Waals surface area contributed by atoms with Crippen LogP contribution in [0.3, 0.4) is 0 Å². The SMILES string of the molecule is N=NN=N[N+](=NN=N)C1CCCC2C3CCCCC3CCC21. The summed E-state index contributed by atoms with van der Waals surface area (Å²) in [6.45, 7) is 0. The van der Waals surface area contributed by atoms with E-state index in [1.807, 2.05) is 0 Å². The summed E-state index contributed by atoms with van der Waals surface area (Å²) in [4.78, 5) is 1.44. The molecule has 0 saturated heterocycles. The van der Waals surface area contributed by atoms with E-state index in [1.54, 1.807) is 0 Å². The average Bonchev–Trinajstić information content (AvgIpc) is 2.58. The van der Waals surface area contributed by atoms with Crippen LogP contribution in [0.15, 0.2) is 26.1 Å². The zero-order chi connectivity index (χ0) is 15.4. The molecule has 2 N–H and O–H groups in total.